The van der Waals surface area contributed by atoms with Crippen molar-refractivity contribution in [2.45, 2.75) is 24.3 Å². The lowest BCUT2D eigenvalue weighted by Crippen LogP contribution is -2.26. The van der Waals surface area contributed by atoms with Gasteiger partial charge < -0.3 is 19.5 Å². The number of halogens is 1. The lowest BCUT2D eigenvalue weighted by Gasteiger charge is -2.17. The SMILES string of the molecule is COCCOc1ccc(C(C)NC(=O)CCSc2ccc(Cl)cc2)cc1OC. The predicted octanol–water partition coefficient (Wildman–Crippen LogP) is 4.73. The lowest BCUT2D eigenvalue weighted by atomic mass is 10.1. The molecular weight excluding hydrogens is 398 g/mol. The molecule has 28 heavy (non-hydrogen) atoms. The molecule has 0 fully saturated rings. The van der Waals surface area contributed by atoms with Crippen LogP contribution < -0.4 is 14.8 Å². The van der Waals surface area contributed by atoms with Crippen LogP contribution in [-0.2, 0) is 9.53 Å². The summed E-state index contributed by atoms with van der Waals surface area (Å²) in [6.07, 6.45) is 0.437. The van der Waals surface area contributed by atoms with E-state index in [9.17, 15) is 4.79 Å². The van der Waals surface area contributed by atoms with Gasteiger partial charge in [-0.15, -0.1) is 11.8 Å². The van der Waals surface area contributed by atoms with Crippen molar-refractivity contribution < 1.29 is 19.0 Å². The summed E-state index contributed by atoms with van der Waals surface area (Å²) in [6.45, 7) is 2.90. The van der Waals surface area contributed by atoms with Crippen molar-refractivity contribution in [1.29, 1.82) is 0 Å². The summed E-state index contributed by atoms with van der Waals surface area (Å²) in [7, 11) is 3.22. The molecule has 0 heterocycles. The van der Waals surface area contributed by atoms with E-state index < -0.39 is 0 Å². The lowest BCUT2D eigenvalue weighted by molar-refractivity contribution is -0.121. The van der Waals surface area contributed by atoms with E-state index in [4.69, 9.17) is 25.8 Å². The first-order chi connectivity index (χ1) is 13.5. The van der Waals surface area contributed by atoms with Crippen LogP contribution in [0, 0.1) is 0 Å². The van der Waals surface area contributed by atoms with Crippen molar-refractivity contribution in [2.24, 2.45) is 0 Å². The van der Waals surface area contributed by atoms with Gasteiger partial charge in [-0.25, -0.2) is 0 Å². The highest BCUT2D eigenvalue weighted by Gasteiger charge is 2.13. The Morgan fingerprint density at radius 3 is 2.54 bits per heavy atom. The molecule has 0 aromatic heterocycles. The van der Waals surface area contributed by atoms with Gasteiger partial charge in [0.1, 0.15) is 6.61 Å². The van der Waals surface area contributed by atoms with Crippen LogP contribution in [0.25, 0.3) is 0 Å². The second kappa shape index (κ2) is 11.8. The number of carbonyl (C=O) groups excluding carboxylic acids is 1. The minimum Gasteiger partial charge on any atom is -0.493 e. The Hall–Kier alpha value is -1.89. The van der Waals surface area contributed by atoms with E-state index in [2.05, 4.69) is 5.32 Å². The van der Waals surface area contributed by atoms with Crippen LogP contribution in [0.2, 0.25) is 5.02 Å². The van der Waals surface area contributed by atoms with Crippen LogP contribution in [0.4, 0.5) is 0 Å². The number of benzene rings is 2. The third kappa shape index (κ3) is 7.26. The zero-order chi connectivity index (χ0) is 20.4. The number of hydrogen-bond acceptors (Lipinski definition) is 5. The highest BCUT2D eigenvalue weighted by atomic mass is 35.5. The van der Waals surface area contributed by atoms with Gasteiger partial charge in [-0.3, -0.25) is 4.79 Å². The van der Waals surface area contributed by atoms with Crippen LogP contribution >= 0.6 is 23.4 Å². The third-order valence-electron chi connectivity index (χ3n) is 4.02. The molecule has 0 aliphatic carbocycles. The van der Waals surface area contributed by atoms with E-state index in [1.54, 1.807) is 26.0 Å². The van der Waals surface area contributed by atoms with E-state index >= 15 is 0 Å². The van der Waals surface area contributed by atoms with Crippen LogP contribution in [-0.4, -0.2) is 39.1 Å². The number of methoxy groups -OCH3 is 2. The summed E-state index contributed by atoms with van der Waals surface area (Å²) in [5, 5.41) is 3.73. The summed E-state index contributed by atoms with van der Waals surface area (Å²) in [4.78, 5) is 13.3. The molecule has 7 heteroatoms. The van der Waals surface area contributed by atoms with Crippen LogP contribution in [0.5, 0.6) is 11.5 Å². The maximum atomic E-state index is 12.3. The van der Waals surface area contributed by atoms with E-state index in [1.807, 2.05) is 49.4 Å². The van der Waals surface area contributed by atoms with Gasteiger partial charge in [0.15, 0.2) is 11.5 Å². The minimum absolute atomic E-state index is 0.00773. The van der Waals surface area contributed by atoms with Gasteiger partial charge in [0.25, 0.3) is 0 Å². The Labute approximate surface area is 175 Å². The summed E-state index contributed by atoms with van der Waals surface area (Å²) in [5.41, 5.74) is 0.953. The van der Waals surface area contributed by atoms with E-state index in [0.29, 0.717) is 41.9 Å². The Bertz CT molecular complexity index is 755. The first-order valence-corrected chi connectivity index (χ1v) is 10.4. The standard InChI is InChI=1S/C21H26ClNO4S/c1-15(16-4-9-19(20(14-16)26-3)27-12-11-25-2)23-21(24)10-13-28-18-7-5-17(22)6-8-18/h4-9,14-15H,10-13H2,1-3H3,(H,23,24). The number of hydrogen-bond donors (Lipinski definition) is 1. The first kappa shape index (κ1) is 22.4. The molecule has 1 amide bonds. The van der Waals surface area contributed by atoms with E-state index in [1.165, 1.54) is 0 Å². The normalized spacial score (nSPS) is 11.7. The fourth-order valence-electron chi connectivity index (χ4n) is 2.50. The predicted molar refractivity (Wildman–Crippen MR) is 114 cm³/mol. The zero-order valence-corrected chi connectivity index (χ0v) is 17.9. The Morgan fingerprint density at radius 2 is 1.86 bits per heavy atom. The second-order valence-corrected chi connectivity index (χ2v) is 7.70. The maximum Gasteiger partial charge on any atom is 0.221 e. The zero-order valence-electron chi connectivity index (χ0n) is 16.4. The van der Waals surface area contributed by atoms with Crippen LogP contribution in [0.1, 0.15) is 24.9 Å². The molecule has 0 aliphatic rings. The molecule has 0 bridgehead atoms. The molecule has 0 saturated heterocycles. The molecule has 2 rings (SSSR count). The summed E-state index contributed by atoms with van der Waals surface area (Å²) in [5.74, 6) is 2.00. The molecule has 0 spiro atoms. The smallest absolute Gasteiger partial charge is 0.221 e. The van der Waals surface area contributed by atoms with Crippen molar-refractivity contribution in [3.8, 4) is 11.5 Å². The molecule has 1 atom stereocenters. The van der Waals surface area contributed by atoms with Gasteiger partial charge >= 0.3 is 0 Å². The molecule has 0 saturated carbocycles. The molecule has 0 aliphatic heterocycles. The minimum atomic E-state index is -0.130. The molecule has 2 aromatic carbocycles. The molecule has 0 radical (unpaired) electrons. The third-order valence-corrected chi connectivity index (χ3v) is 5.29. The quantitative estimate of drug-likeness (QED) is 0.418. The topological polar surface area (TPSA) is 56.8 Å². The highest BCUT2D eigenvalue weighted by molar-refractivity contribution is 7.99. The monoisotopic (exact) mass is 423 g/mol. The van der Waals surface area contributed by atoms with Gasteiger partial charge in [-0.2, -0.15) is 0 Å². The number of rotatable bonds is 11. The Morgan fingerprint density at radius 1 is 1.11 bits per heavy atom. The molecule has 152 valence electrons. The average molecular weight is 424 g/mol. The summed E-state index contributed by atoms with van der Waals surface area (Å²) < 4.78 is 16.0. The second-order valence-electron chi connectivity index (χ2n) is 6.09. The van der Waals surface area contributed by atoms with Crippen molar-refractivity contribution in [3.05, 3.63) is 53.1 Å². The summed E-state index contributed by atoms with van der Waals surface area (Å²) >= 11 is 7.51. The number of ether oxygens (including phenoxy) is 3. The van der Waals surface area contributed by atoms with Gasteiger partial charge in [-0.05, 0) is 48.9 Å². The van der Waals surface area contributed by atoms with Gasteiger partial charge in [-0.1, -0.05) is 17.7 Å². The van der Waals surface area contributed by atoms with Crippen molar-refractivity contribution in [3.63, 3.8) is 0 Å². The Kier molecular flexibility index (Phi) is 9.47. The highest BCUT2D eigenvalue weighted by Crippen LogP contribution is 2.30. The Balaban J connectivity index is 1.84. The maximum absolute atomic E-state index is 12.3. The number of nitrogens with one attached hydrogen (secondary N) is 1. The van der Waals surface area contributed by atoms with E-state index in [0.717, 1.165) is 10.5 Å². The van der Waals surface area contributed by atoms with E-state index in [-0.39, 0.29) is 11.9 Å². The fraction of sp³-hybridized carbons (Fsp3) is 0.381. The van der Waals surface area contributed by atoms with Gasteiger partial charge in [0.2, 0.25) is 5.91 Å². The molecule has 1 unspecified atom stereocenters. The first-order valence-electron chi connectivity index (χ1n) is 9.01. The van der Waals surface area contributed by atoms with Crippen molar-refractivity contribution in [1.82, 2.24) is 5.32 Å². The number of thioether (sulfide) groups is 1. The number of carbonyl (C=O) groups is 1. The van der Waals surface area contributed by atoms with Crippen molar-refractivity contribution in [2.75, 3.05) is 33.2 Å². The molecule has 1 N–H and O–H groups in total. The fourth-order valence-corrected chi connectivity index (χ4v) is 3.47. The molecule has 5 nitrogen and oxygen atoms in total. The molecular formula is C21H26ClNO4S. The van der Waals surface area contributed by atoms with Crippen LogP contribution in [0.3, 0.4) is 0 Å². The number of amides is 1. The van der Waals surface area contributed by atoms with Gasteiger partial charge in [0.05, 0.1) is 19.8 Å². The van der Waals surface area contributed by atoms with Crippen molar-refractivity contribution >= 4 is 29.3 Å². The molecule has 2 aromatic rings. The van der Waals surface area contributed by atoms with Gasteiger partial charge in [0, 0.05) is 29.2 Å². The largest absolute Gasteiger partial charge is 0.493 e. The van der Waals surface area contributed by atoms with Crippen LogP contribution in [0.15, 0.2) is 47.4 Å². The summed E-state index contributed by atoms with van der Waals surface area (Å²) in [6, 6.07) is 13.1. The average Bonchev–Trinajstić information content (AvgIpc) is 2.69.